The summed E-state index contributed by atoms with van der Waals surface area (Å²) in [7, 11) is 0. The standard InChI is InChI=1S/C20H31FO3/c1-17-8-6-13(22)10-12(17)4-5-15-14-7-9-19(3,24)18(14,2)11-16(23)20(15,17)21/h12,14-16,23-24H,4-11H2,1-3H3/t12-,14+,15+,16+,17+,18+,19+,20+/m1/s1. The van der Waals surface area contributed by atoms with Crippen LogP contribution in [0.5, 0.6) is 0 Å². The Labute approximate surface area is 144 Å². The number of hydrogen-bond donors (Lipinski definition) is 2. The van der Waals surface area contributed by atoms with Crippen molar-refractivity contribution in [1.29, 1.82) is 0 Å². The molecule has 0 aliphatic heterocycles. The van der Waals surface area contributed by atoms with Gasteiger partial charge in [-0.05, 0) is 63.2 Å². The number of ketones is 1. The lowest BCUT2D eigenvalue weighted by Crippen LogP contribution is -2.70. The highest BCUT2D eigenvalue weighted by Gasteiger charge is 2.73. The lowest BCUT2D eigenvalue weighted by atomic mass is 9.42. The topological polar surface area (TPSA) is 57.5 Å². The molecule has 4 fully saturated rings. The molecular weight excluding hydrogens is 307 g/mol. The third-order valence-electron chi connectivity index (χ3n) is 9.12. The van der Waals surface area contributed by atoms with Crippen LogP contribution in [0.4, 0.5) is 4.39 Å². The molecule has 2 N–H and O–H groups in total. The van der Waals surface area contributed by atoms with Crippen molar-refractivity contribution in [3.05, 3.63) is 0 Å². The highest BCUT2D eigenvalue weighted by Crippen LogP contribution is 2.70. The molecule has 4 aliphatic rings. The number of carbonyl (C=O) groups is 1. The maximum atomic E-state index is 16.7. The average Bonchev–Trinajstić information content (AvgIpc) is 2.72. The maximum Gasteiger partial charge on any atom is 0.145 e. The Bertz CT molecular complexity index is 575. The summed E-state index contributed by atoms with van der Waals surface area (Å²) in [6.07, 6.45) is 3.89. The number of aliphatic hydroxyl groups excluding tert-OH is 1. The normalized spacial score (nSPS) is 60.3. The van der Waals surface area contributed by atoms with Gasteiger partial charge >= 0.3 is 0 Å². The van der Waals surface area contributed by atoms with E-state index in [1.54, 1.807) is 0 Å². The number of fused-ring (bicyclic) bond motifs is 5. The smallest absolute Gasteiger partial charge is 0.145 e. The predicted octanol–water partition coefficient (Wildman–Crippen LogP) is 3.41. The molecule has 3 nitrogen and oxygen atoms in total. The zero-order valence-electron chi connectivity index (χ0n) is 15.1. The average molecular weight is 338 g/mol. The first-order chi connectivity index (χ1) is 11.1. The molecule has 0 bridgehead atoms. The minimum Gasteiger partial charge on any atom is -0.390 e. The van der Waals surface area contributed by atoms with Crippen LogP contribution in [0.2, 0.25) is 0 Å². The van der Waals surface area contributed by atoms with Crippen LogP contribution in [0, 0.1) is 28.6 Å². The van der Waals surface area contributed by atoms with E-state index in [4.69, 9.17) is 0 Å². The number of rotatable bonds is 0. The molecule has 8 atom stereocenters. The monoisotopic (exact) mass is 338 g/mol. The fourth-order valence-corrected chi connectivity index (χ4v) is 7.27. The van der Waals surface area contributed by atoms with E-state index >= 15 is 4.39 Å². The molecule has 4 rings (SSSR count). The fraction of sp³-hybridized carbons (Fsp3) is 0.950. The van der Waals surface area contributed by atoms with Crippen molar-refractivity contribution in [1.82, 2.24) is 0 Å². The van der Waals surface area contributed by atoms with Crippen LogP contribution in [-0.2, 0) is 4.79 Å². The molecule has 0 aromatic carbocycles. The zero-order chi connectivity index (χ0) is 17.5. The Morgan fingerprint density at radius 1 is 1.04 bits per heavy atom. The summed E-state index contributed by atoms with van der Waals surface area (Å²) in [6, 6.07) is 0. The van der Waals surface area contributed by atoms with Crippen molar-refractivity contribution in [2.45, 2.75) is 89.5 Å². The van der Waals surface area contributed by atoms with Crippen LogP contribution in [-0.4, -0.2) is 33.4 Å². The Balaban J connectivity index is 1.77. The predicted molar refractivity (Wildman–Crippen MR) is 89.1 cm³/mol. The quantitative estimate of drug-likeness (QED) is 0.711. The van der Waals surface area contributed by atoms with Gasteiger partial charge in [0.25, 0.3) is 0 Å². The van der Waals surface area contributed by atoms with Gasteiger partial charge in [0.15, 0.2) is 0 Å². The molecule has 0 aromatic rings. The molecule has 0 radical (unpaired) electrons. The van der Waals surface area contributed by atoms with E-state index < -0.39 is 28.2 Å². The number of aliphatic hydroxyl groups is 2. The van der Waals surface area contributed by atoms with Gasteiger partial charge in [-0.2, -0.15) is 0 Å². The molecule has 0 saturated heterocycles. The molecule has 0 heterocycles. The lowest BCUT2D eigenvalue weighted by molar-refractivity contribution is -0.254. The summed E-state index contributed by atoms with van der Waals surface area (Å²) >= 11 is 0. The summed E-state index contributed by atoms with van der Waals surface area (Å²) in [5.41, 5.74) is -3.49. The first kappa shape index (κ1) is 17.0. The molecule has 4 aliphatic carbocycles. The minimum atomic E-state index is -1.62. The molecular formula is C20H31FO3. The third kappa shape index (κ3) is 1.77. The van der Waals surface area contributed by atoms with Crippen LogP contribution in [0.1, 0.15) is 72.1 Å². The van der Waals surface area contributed by atoms with Gasteiger partial charge in [-0.15, -0.1) is 0 Å². The summed E-state index contributed by atoms with van der Waals surface area (Å²) < 4.78 is 16.7. The third-order valence-corrected chi connectivity index (χ3v) is 9.12. The van der Waals surface area contributed by atoms with E-state index in [9.17, 15) is 15.0 Å². The van der Waals surface area contributed by atoms with E-state index in [-0.39, 0.29) is 23.5 Å². The minimum absolute atomic E-state index is 0.0564. The maximum absolute atomic E-state index is 16.7. The van der Waals surface area contributed by atoms with E-state index in [1.165, 1.54) is 0 Å². The molecule has 24 heavy (non-hydrogen) atoms. The number of Topliss-reactive ketones (excluding diaryl/α,β-unsaturated/α-hetero) is 1. The molecule has 0 aromatic heterocycles. The summed E-state index contributed by atoms with van der Waals surface area (Å²) in [4.78, 5) is 11.9. The van der Waals surface area contributed by atoms with Crippen molar-refractivity contribution < 1.29 is 19.4 Å². The number of alkyl halides is 1. The van der Waals surface area contributed by atoms with Crippen molar-refractivity contribution in [2.24, 2.45) is 28.6 Å². The van der Waals surface area contributed by atoms with Gasteiger partial charge in [0, 0.05) is 23.7 Å². The van der Waals surface area contributed by atoms with Crippen molar-refractivity contribution in [3.63, 3.8) is 0 Å². The van der Waals surface area contributed by atoms with Gasteiger partial charge in [0.1, 0.15) is 11.5 Å². The first-order valence-electron chi connectivity index (χ1n) is 9.67. The van der Waals surface area contributed by atoms with E-state index in [0.29, 0.717) is 32.1 Å². The van der Waals surface area contributed by atoms with Crippen molar-refractivity contribution in [3.8, 4) is 0 Å². The van der Waals surface area contributed by atoms with E-state index in [0.717, 1.165) is 19.3 Å². The largest absolute Gasteiger partial charge is 0.390 e. The summed E-state index contributed by atoms with van der Waals surface area (Å²) in [5, 5.41) is 21.9. The molecule has 0 amide bonds. The van der Waals surface area contributed by atoms with Gasteiger partial charge in [0.2, 0.25) is 0 Å². The second-order valence-corrected chi connectivity index (χ2v) is 9.87. The zero-order valence-corrected chi connectivity index (χ0v) is 15.1. The van der Waals surface area contributed by atoms with Crippen LogP contribution < -0.4 is 0 Å². The molecule has 0 unspecified atom stereocenters. The van der Waals surface area contributed by atoms with Crippen LogP contribution in [0.3, 0.4) is 0 Å². The highest BCUT2D eigenvalue weighted by atomic mass is 19.1. The second kappa shape index (κ2) is 4.82. The van der Waals surface area contributed by atoms with E-state index in [1.807, 2.05) is 20.8 Å². The highest BCUT2D eigenvalue weighted by molar-refractivity contribution is 5.79. The van der Waals surface area contributed by atoms with E-state index in [2.05, 4.69) is 0 Å². The Hall–Kier alpha value is -0.480. The molecule has 0 spiro atoms. The van der Waals surface area contributed by atoms with Crippen molar-refractivity contribution in [2.75, 3.05) is 0 Å². The number of halogens is 1. The summed E-state index contributed by atoms with van der Waals surface area (Å²) in [6.45, 7) is 5.89. The summed E-state index contributed by atoms with van der Waals surface area (Å²) in [5.74, 6) is 0.227. The number of hydrogen-bond acceptors (Lipinski definition) is 3. The lowest BCUT2D eigenvalue weighted by Gasteiger charge is -2.65. The van der Waals surface area contributed by atoms with Crippen LogP contribution in [0.15, 0.2) is 0 Å². The molecule has 4 saturated carbocycles. The van der Waals surface area contributed by atoms with Gasteiger partial charge < -0.3 is 10.2 Å². The second-order valence-electron chi connectivity index (χ2n) is 9.87. The molecule has 4 heteroatoms. The fourth-order valence-electron chi connectivity index (χ4n) is 7.27. The molecule has 136 valence electrons. The Kier molecular flexibility index (Phi) is 3.41. The van der Waals surface area contributed by atoms with Gasteiger partial charge in [-0.25, -0.2) is 4.39 Å². The van der Waals surface area contributed by atoms with Crippen molar-refractivity contribution >= 4 is 5.78 Å². The van der Waals surface area contributed by atoms with Gasteiger partial charge in [0.05, 0.1) is 11.7 Å². The first-order valence-corrected chi connectivity index (χ1v) is 9.67. The van der Waals surface area contributed by atoms with Gasteiger partial charge in [-0.1, -0.05) is 13.8 Å². The Morgan fingerprint density at radius 3 is 2.46 bits per heavy atom. The van der Waals surface area contributed by atoms with Gasteiger partial charge in [-0.3, -0.25) is 4.79 Å². The SMILES string of the molecule is C[C@]1(O)CC[C@H]2[C@@H]3CC[C@@H]4CC(=O)CC[C@]4(C)[C@@]3(F)[C@@H](O)C[C@@]21C. The Morgan fingerprint density at radius 2 is 1.75 bits per heavy atom. The van der Waals surface area contributed by atoms with Crippen LogP contribution >= 0.6 is 0 Å². The van der Waals surface area contributed by atoms with Crippen LogP contribution in [0.25, 0.3) is 0 Å². The number of carbonyl (C=O) groups excluding carboxylic acids is 1.